The van der Waals surface area contributed by atoms with Crippen LogP contribution in [0.4, 0.5) is 0 Å². The first kappa shape index (κ1) is 15.6. The Morgan fingerprint density at radius 2 is 1.88 bits per heavy atom. The molecule has 0 spiro atoms. The molecule has 120 valence electrons. The molecule has 1 aromatic heterocycles. The summed E-state index contributed by atoms with van der Waals surface area (Å²) >= 11 is 0. The number of ether oxygens (including phenoxy) is 1. The largest absolute Gasteiger partial charge is 0.508 e. The molecule has 0 radical (unpaired) electrons. The number of methoxy groups -OCH3 is 1. The van der Waals surface area contributed by atoms with E-state index in [1.165, 1.54) is 31.4 Å². The van der Waals surface area contributed by atoms with Gasteiger partial charge in [-0.3, -0.25) is 4.79 Å². The van der Waals surface area contributed by atoms with Gasteiger partial charge in [0.2, 0.25) is 0 Å². The number of allylic oxidation sites excluding steroid dienone is 1. The number of aromatic hydroxyl groups is 1. The highest BCUT2D eigenvalue weighted by Crippen LogP contribution is 2.20. The molecule has 0 aliphatic carbocycles. The lowest BCUT2D eigenvalue weighted by molar-refractivity contribution is 0.104. The first-order valence-electron chi connectivity index (χ1n) is 7.20. The molecule has 0 aliphatic rings. The molecule has 5 heteroatoms. The number of rotatable bonds is 4. The average Bonchev–Trinajstić information content (AvgIpc) is 2.60. The lowest BCUT2D eigenvalue weighted by Crippen LogP contribution is -2.11. The molecule has 0 atom stereocenters. The van der Waals surface area contributed by atoms with Crippen LogP contribution < -0.4 is 10.4 Å². The molecule has 0 saturated carbocycles. The highest BCUT2D eigenvalue weighted by molar-refractivity contribution is 6.07. The van der Waals surface area contributed by atoms with Gasteiger partial charge in [0.25, 0.3) is 0 Å². The minimum atomic E-state index is -0.687. The van der Waals surface area contributed by atoms with Gasteiger partial charge in [0.05, 0.1) is 7.11 Å². The lowest BCUT2D eigenvalue weighted by atomic mass is 10.1. The van der Waals surface area contributed by atoms with Crippen molar-refractivity contribution in [3.63, 3.8) is 0 Å². The van der Waals surface area contributed by atoms with Gasteiger partial charge in [-0.1, -0.05) is 18.2 Å². The third-order valence-electron chi connectivity index (χ3n) is 3.53. The van der Waals surface area contributed by atoms with Crippen molar-refractivity contribution >= 4 is 22.8 Å². The molecule has 1 N–H and O–H groups in total. The summed E-state index contributed by atoms with van der Waals surface area (Å²) in [6.45, 7) is 0. The Bertz CT molecular complexity index is 981. The minimum absolute atomic E-state index is 0.0502. The molecule has 5 nitrogen and oxygen atoms in total. The fourth-order valence-corrected chi connectivity index (χ4v) is 2.25. The van der Waals surface area contributed by atoms with Crippen molar-refractivity contribution in [2.75, 3.05) is 7.11 Å². The second kappa shape index (κ2) is 6.42. The van der Waals surface area contributed by atoms with Gasteiger partial charge >= 0.3 is 5.63 Å². The van der Waals surface area contributed by atoms with Crippen LogP contribution in [0.2, 0.25) is 0 Å². The molecule has 24 heavy (non-hydrogen) atoms. The van der Waals surface area contributed by atoms with E-state index in [1.807, 2.05) is 0 Å². The highest BCUT2D eigenvalue weighted by Gasteiger charge is 2.11. The summed E-state index contributed by atoms with van der Waals surface area (Å²) in [5, 5.41) is 9.84. The minimum Gasteiger partial charge on any atom is -0.508 e. The third kappa shape index (κ3) is 3.20. The van der Waals surface area contributed by atoms with E-state index in [1.54, 1.807) is 36.4 Å². The predicted molar refractivity (Wildman–Crippen MR) is 90.5 cm³/mol. The van der Waals surface area contributed by atoms with Crippen LogP contribution in [0.5, 0.6) is 11.5 Å². The molecular formula is C19H14O5. The summed E-state index contributed by atoms with van der Waals surface area (Å²) in [7, 11) is 1.53. The first-order chi connectivity index (χ1) is 11.6. The number of carbonyl (C=O) groups excluding carboxylic acids is 1. The van der Waals surface area contributed by atoms with Crippen LogP contribution in [-0.2, 0) is 0 Å². The molecule has 0 saturated heterocycles. The molecule has 0 fully saturated rings. The number of benzene rings is 2. The quantitative estimate of drug-likeness (QED) is 0.452. The normalized spacial score (nSPS) is 11.0. The Morgan fingerprint density at radius 3 is 2.58 bits per heavy atom. The summed E-state index contributed by atoms with van der Waals surface area (Å²) in [6, 6.07) is 12.8. The van der Waals surface area contributed by atoms with Crippen molar-refractivity contribution < 1.29 is 19.1 Å². The van der Waals surface area contributed by atoms with E-state index >= 15 is 0 Å². The second-order valence-electron chi connectivity index (χ2n) is 5.14. The summed E-state index contributed by atoms with van der Waals surface area (Å²) in [6.07, 6.45) is 2.86. The van der Waals surface area contributed by atoms with E-state index in [4.69, 9.17) is 9.15 Å². The molecule has 1 heterocycles. The maximum absolute atomic E-state index is 12.3. The standard InChI is InChI=1S/C19H14O5/c1-23-15-7-9-18-13(10-15)11-16(19(22)24-18)17(21)8-4-12-2-5-14(20)6-3-12/h2-11,20H,1H3/b8-4+. The average molecular weight is 322 g/mol. The molecule has 2 aromatic carbocycles. The van der Waals surface area contributed by atoms with Crippen molar-refractivity contribution in [1.29, 1.82) is 0 Å². The van der Waals surface area contributed by atoms with Crippen molar-refractivity contribution in [3.05, 3.63) is 76.2 Å². The van der Waals surface area contributed by atoms with Gasteiger partial charge in [0.15, 0.2) is 5.78 Å². The number of fused-ring (bicyclic) bond motifs is 1. The van der Waals surface area contributed by atoms with Gasteiger partial charge in [-0.25, -0.2) is 4.79 Å². The van der Waals surface area contributed by atoms with E-state index in [2.05, 4.69) is 0 Å². The van der Waals surface area contributed by atoms with Crippen LogP contribution in [-0.4, -0.2) is 18.0 Å². The number of hydrogen-bond donors (Lipinski definition) is 1. The van der Waals surface area contributed by atoms with Gasteiger partial charge in [-0.2, -0.15) is 0 Å². The van der Waals surface area contributed by atoms with E-state index in [-0.39, 0.29) is 11.3 Å². The van der Waals surface area contributed by atoms with E-state index in [0.717, 1.165) is 5.56 Å². The van der Waals surface area contributed by atoms with Crippen molar-refractivity contribution in [3.8, 4) is 11.5 Å². The van der Waals surface area contributed by atoms with Crippen LogP contribution in [0, 0.1) is 0 Å². The highest BCUT2D eigenvalue weighted by atomic mass is 16.5. The Morgan fingerprint density at radius 1 is 1.12 bits per heavy atom. The van der Waals surface area contributed by atoms with E-state index in [9.17, 15) is 14.7 Å². The first-order valence-corrected chi connectivity index (χ1v) is 7.20. The Kier molecular flexibility index (Phi) is 4.16. The SMILES string of the molecule is COc1ccc2oc(=O)c(C(=O)/C=C/c3ccc(O)cc3)cc2c1. The van der Waals surface area contributed by atoms with Gasteiger partial charge in [-0.05, 0) is 48.0 Å². The molecule has 0 unspecified atom stereocenters. The summed E-state index contributed by atoms with van der Waals surface area (Å²) in [5.41, 5.74) is 0.381. The maximum atomic E-state index is 12.3. The maximum Gasteiger partial charge on any atom is 0.347 e. The fraction of sp³-hybridized carbons (Fsp3) is 0.0526. The zero-order valence-electron chi connectivity index (χ0n) is 12.9. The second-order valence-corrected chi connectivity index (χ2v) is 5.14. The third-order valence-corrected chi connectivity index (χ3v) is 3.53. The summed E-state index contributed by atoms with van der Waals surface area (Å²) < 4.78 is 10.3. The number of ketones is 1. The smallest absolute Gasteiger partial charge is 0.347 e. The van der Waals surface area contributed by atoms with Crippen LogP contribution in [0.3, 0.4) is 0 Å². The topological polar surface area (TPSA) is 76.7 Å². The fourth-order valence-electron chi connectivity index (χ4n) is 2.25. The van der Waals surface area contributed by atoms with Crippen LogP contribution >= 0.6 is 0 Å². The van der Waals surface area contributed by atoms with Gasteiger partial charge in [-0.15, -0.1) is 0 Å². The van der Waals surface area contributed by atoms with Crippen molar-refractivity contribution in [2.45, 2.75) is 0 Å². The zero-order chi connectivity index (χ0) is 17.1. The molecule has 3 rings (SSSR count). The van der Waals surface area contributed by atoms with E-state index < -0.39 is 11.4 Å². The molecule has 0 amide bonds. The zero-order valence-corrected chi connectivity index (χ0v) is 12.9. The van der Waals surface area contributed by atoms with Gasteiger partial charge < -0.3 is 14.3 Å². The van der Waals surface area contributed by atoms with Crippen LogP contribution in [0.15, 0.2) is 63.8 Å². The van der Waals surface area contributed by atoms with Crippen LogP contribution in [0.1, 0.15) is 15.9 Å². The van der Waals surface area contributed by atoms with E-state index in [0.29, 0.717) is 16.7 Å². The monoisotopic (exact) mass is 322 g/mol. The Labute approximate surface area is 137 Å². The summed E-state index contributed by atoms with van der Waals surface area (Å²) in [5.74, 6) is 0.290. The molecule has 3 aromatic rings. The predicted octanol–water partition coefficient (Wildman–Crippen LogP) is 3.40. The summed E-state index contributed by atoms with van der Waals surface area (Å²) in [4.78, 5) is 24.3. The number of carbonyl (C=O) groups is 1. The van der Waals surface area contributed by atoms with Crippen molar-refractivity contribution in [1.82, 2.24) is 0 Å². The molecular weight excluding hydrogens is 308 g/mol. The Hall–Kier alpha value is -3.34. The molecule has 0 aliphatic heterocycles. The van der Waals surface area contributed by atoms with Gasteiger partial charge in [0, 0.05) is 5.39 Å². The van der Waals surface area contributed by atoms with Crippen LogP contribution in [0.25, 0.3) is 17.0 Å². The lowest BCUT2D eigenvalue weighted by Gasteiger charge is -2.02. The molecule has 0 bridgehead atoms. The van der Waals surface area contributed by atoms with Gasteiger partial charge in [0.1, 0.15) is 22.6 Å². The number of phenolic OH excluding ortho intramolecular Hbond substituents is 1. The van der Waals surface area contributed by atoms with Crippen molar-refractivity contribution in [2.24, 2.45) is 0 Å². The number of hydrogen-bond acceptors (Lipinski definition) is 5. The number of phenols is 1. The Balaban J connectivity index is 1.95.